The predicted octanol–water partition coefficient (Wildman–Crippen LogP) is 3.92. The van der Waals surface area contributed by atoms with Crippen LogP contribution in [-0.4, -0.2) is 10.3 Å². The van der Waals surface area contributed by atoms with Gasteiger partial charge < -0.3 is 4.74 Å². The Morgan fingerprint density at radius 3 is 2.30 bits per heavy atom. The van der Waals surface area contributed by atoms with Crippen LogP contribution in [0.4, 0.5) is 0 Å². The minimum atomic E-state index is -0.927. The minimum Gasteiger partial charge on any atom is -0.491 e. The Labute approximate surface area is 123 Å². The zero-order chi connectivity index (χ0) is 14.4. The van der Waals surface area contributed by atoms with Gasteiger partial charge in [0.2, 0.25) is 0 Å². The van der Waals surface area contributed by atoms with Gasteiger partial charge in [0.15, 0.2) is 0 Å². The summed E-state index contributed by atoms with van der Waals surface area (Å²) in [5.74, 6) is 1.94. The van der Waals surface area contributed by atoms with E-state index in [0.29, 0.717) is 11.5 Å². The lowest BCUT2D eigenvalue weighted by atomic mass is 10.2. The maximum atomic E-state index is 12.3. The van der Waals surface area contributed by atoms with E-state index >= 15 is 0 Å². The molecule has 2 aromatic carbocycles. The zero-order valence-corrected chi connectivity index (χ0v) is 12.7. The van der Waals surface area contributed by atoms with Gasteiger partial charge in [-0.3, -0.25) is 4.21 Å². The Morgan fingerprint density at radius 1 is 0.950 bits per heavy atom. The number of hydrogen-bond acceptors (Lipinski definition) is 2. The minimum absolute atomic E-state index is 0.124. The molecule has 0 fully saturated rings. The molecule has 0 radical (unpaired) electrons. The van der Waals surface area contributed by atoms with Crippen molar-refractivity contribution in [3.63, 3.8) is 0 Å². The summed E-state index contributed by atoms with van der Waals surface area (Å²) >= 11 is 0. The van der Waals surface area contributed by atoms with Gasteiger partial charge in [0.25, 0.3) is 0 Å². The van der Waals surface area contributed by atoms with E-state index < -0.39 is 10.8 Å². The third-order valence-corrected chi connectivity index (χ3v) is 4.11. The molecule has 0 amide bonds. The smallest absolute Gasteiger partial charge is 0.123 e. The van der Waals surface area contributed by atoms with Gasteiger partial charge in [-0.25, -0.2) is 0 Å². The van der Waals surface area contributed by atoms with Gasteiger partial charge in [0, 0.05) is 22.1 Å². The third kappa shape index (κ3) is 4.49. The van der Waals surface area contributed by atoms with Crippen LogP contribution < -0.4 is 4.74 Å². The standard InChI is InChI=1S/C17H20O2S/c1-14(2)19-17-11-7-6-10-16(17)13-20(18)12-15-8-4-3-5-9-15/h3-11,14H,12-13H2,1-2H3. The van der Waals surface area contributed by atoms with Crippen LogP contribution in [0.3, 0.4) is 0 Å². The summed E-state index contributed by atoms with van der Waals surface area (Å²) in [5.41, 5.74) is 2.11. The Balaban J connectivity index is 2.04. The average Bonchev–Trinajstić information content (AvgIpc) is 2.41. The fourth-order valence-electron chi connectivity index (χ4n) is 1.98. The lowest BCUT2D eigenvalue weighted by molar-refractivity contribution is 0.240. The van der Waals surface area contributed by atoms with Gasteiger partial charge in [-0.1, -0.05) is 48.5 Å². The highest BCUT2D eigenvalue weighted by atomic mass is 32.2. The summed E-state index contributed by atoms with van der Waals surface area (Å²) in [6, 6.07) is 17.8. The van der Waals surface area contributed by atoms with Crippen LogP contribution in [0.15, 0.2) is 54.6 Å². The molecule has 0 saturated heterocycles. The first-order valence-electron chi connectivity index (χ1n) is 6.78. The molecule has 0 heterocycles. The Bertz CT molecular complexity index is 564. The van der Waals surface area contributed by atoms with Crippen molar-refractivity contribution in [2.24, 2.45) is 0 Å². The molecule has 0 aromatic heterocycles. The van der Waals surface area contributed by atoms with E-state index in [4.69, 9.17) is 4.74 Å². The molecule has 2 rings (SSSR count). The van der Waals surface area contributed by atoms with Crippen LogP contribution in [0, 0.1) is 0 Å². The van der Waals surface area contributed by atoms with Crippen molar-refractivity contribution in [3.8, 4) is 5.75 Å². The van der Waals surface area contributed by atoms with Crippen molar-refractivity contribution in [2.45, 2.75) is 31.5 Å². The highest BCUT2D eigenvalue weighted by Gasteiger charge is 2.09. The molecule has 1 unspecified atom stereocenters. The Kier molecular flexibility index (Phi) is 5.36. The van der Waals surface area contributed by atoms with Crippen LogP contribution >= 0.6 is 0 Å². The van der Waals surface area contributed by atoms with E-state index in [2.05, 4.69) is 0 Å². The molecular formula is C17H20O2S. The molecular weight excluding hydrogens is 268 g/mol. The summed E-state index contributed by atoms with van der Waals surface area (Å²) in [6.45, 7) is 4.00. The van der Waals surface area contributed by atoms with Gasteiger partial charge in [-0.15, -0.1) is 0 Å². The first-order chi connectivity index (χ1) is 9.65. The maximum Gasteiger partial charge on any atom is 0.123 e. The molecule has 0 aliphatic rings. The monoisotopic (exact) mass is 288 g/mol. The van der Waals surface area contributed by atoms with Gasteiger partial charge in [-0.2, -0.15) is 0 Å². The van der Waals surface area contributed by atoms with E-state index in [1.54, 1.807) is 0 Å². The molecule has 3 heteroatoms. The number of rotatable bonds is 6. The zero-order valence-electron chi connectivity index (χ0n) is 11.9. The highest BCUT2D eigenvalue weighted by molar-refractivity contribution is 7.83. The number of para-hydroxylation sites is 1. The average molecular weight is 288 g/mol. The van der Waals surface area contributed by atoms with Crippen molar-refractivity contribution in [2.75, 3.05) is 0 Å². The topological polar surface area (TPSA) is 26.3 Å². The molecule has 2 aromatic rings. The SMILES string of the molecule is CC(C)Oc1ccccc1CS(=O)Cc1ccccc1. The Morgan fingerprint density at radius 2 is 1.60 bits per heavy atom. The van der Waals surface area contributed by atoms with Gasteiger partial charge in [-0.05, 0) is 25.5 Å². The van der Waals surface area contributed by atoms with E-state index in [-0.39, 0.29) is 6.10 Å². The van der Waals surface area contributed by atoms with Gasteiger partial charge >= 0.3 is 0 Å². The van der Waals surface area contributed by atoms with Gasteiger partial charge in [0.05, 0.1) is 11.9 Å². The van der Waals surface area contributed by atoms with Crippen molar-refractivity contribution < 1.29 is 8.95 Å². The van der Waals surface area contributed by atoms with Crippen LogP contribution in [0.5, 0.6) is 5.75 Å². The first kappa shape index (κ1) is 14.8. The third-order valence-electron chi connectivity index (χ3n) is 2.82. The van der Waals surface area contributed by atoms with Crippen LogP contribution in [-0.2, 0) is 22.3 Å². The van der Waals surface area contributed by atoms with Crippen molar-refractivity contribution in [1.82, 2.24) is 0 Å². The fourth-order valence-corrected chi connectivity index (χ4v) is 3.23. The molecule has 106 valence electrons. The maximum absolute atomic E-state index is 12.3. The number of benzene rings is 2. The van der Waals surface area contributed by atoms with E-state index in [0.717, 1.165) is 16.9 Å². The lowest BCUT2D eigenvalue weighted by Crippen LogP contribution is -2.08. The van der Waals surface area contributed by atoms with Crippen molar-refractivity contribution in [3.05, 3.63) is 65.7 Å². The van der Waals surface area contributed by atoms with E-state index in [1.807, 2.05) is 68.4 Å². The van der Waals surface area contributed by atoms with Crippen LogP contribution in [0.25, 0.3) is 0 Å². The normalized spacial score (nSPS) is 12.3. The molecule has 2 nitrogen and oxygen atoms in total. The fraction of sp³-hybridized carbons (Fsp3) is 0.294. The van der Waals surface area contributed by atoms with Crippen molar-refractivity contribution >= 4 is 10.8 Å². The summed E-state index contributed by atoms with van der Waals surface area (Å²) in [6.07, 6.45) is 0.124. The molecule has 0 aliphatic carbocycles. The first-order valence-corrected chi connectivity index (χ1v) is 8.27. The summed E-state index contributed by atoms with van der Waals surface area (Å²) in [4.78, 5) is 0. The predicted molar refractivity (Wildman–Crippen MR) is 84.2 cm³/mol. The second-order valence-corrected chi connectivity index (χ2v) is 6.45. The molecule has 0 bridgehead atoms. The van der Waals surface area contributed by atoms with Crippen LogP contribution in [0.2, 0.25) is 0 Å². The highest BCUT2D eigenvalue weighted by Crippen LogP contribution is 2.21. The van der Waals surface area contributed by atoms with E-state index in [9.17, 15) is 4.21 Å². The van der Waals surface area contributed by atoms with E-state index in [1.165, 1.54) is 0 Å². The number of hydrogen-bond donors (Lipinski definition) is 0. The largest absolute Gasteiger partial charge is 0.491 e. The number of ether oxygens (including phenoxy) is 1. The van der Waals surface area contributed by atoms with Gasteiger partial charge in [0.1, 0.15) is 5.75 Å². The molecule has 20 heavy (non-hydrogen) atoms. The lowest BCUT2D eigenvalue weighted by Gasteiger charge is -2.14. The molecule has 1 atom stereocenters. The van der Waals surface area contributed by atoms with Crippen molar-refractivity contribution in [1.29, 1.82) is 0 Å². The Hall–Kier alpha value is -1.61. The summed E-state index contributed by atoms with van der Waals surface area (Å²) in [7, 11) is -0.927. The second-order valence-electron chi connectivity index (χ2n) is 4.99. The quantitative estimate of drug-likeness (QED) is 0.805. The molecule has 0 spiro atoms. The van der Waals surface area contributed by atoms with Crippen LogP contribution in [0.1, 0.15) is 25.0 Å². The molecule has 0 saturated carbocycles. The second kappa shape index (κ2) is 7.25. The molecule has 0 N–H and O–H groups in total. The summed E-state index contributed by atoms with van der Waals surface area (Å²) < 4.78 is 18.0. The summed E-state index contributed by atoms with van der Waals surface area (Å²) in [5, 5.41) is 0. The molecule has 0 aliphatic heterocycles.